The Labute approximate surface area is 159 Å². The van der Waals surface area contributed by atoms with Crippen LogP contribution >= 0.6 is 11.8 Å². The van der Waals surface area contributed by atoms with Crippen molar-refractivity contribution in [1.29, 1.82) is 0 Å². The van der Waals surface area contributed by atoms with Gasteiger partial charge in [0.25, 0.3) is 0 Å². The van der Waals surface area contributed by atoms with E-state index in [9.17, 15) is 9.90 Å². The van der Waals surface area contributed by atoms with Crippen molar-refractivity contribution in [2.24, 2.45) is 5.10 Å². The van der Waals surface area contributed by atoms with Crippen molar-refractivity contribution in [2.45, 2.75) is 25.9 Å². The third-order valence-corrected chi connectivity index (χ3v) is 4.78. The molecule has 2 heterocycles. The molecule has 3 aromatic rings. The van der Waals surface area contributed by atoms with Gasteiger partial charge in [-0.05, 0) is 55.7 Å². The van der Waals surface area contributed by atoms with Gasteiger partial charge in [0, 0.05) is 0 Å². The Morgan fingerprint density at radius 2 is 2.00 bits per heavy atom. The van der Waals surface area contributed by atoms with Gasteiger partial charge in [0.1, 0.15) is 11.5 Å². The van der Waals surface area contributed by atoms with Crippen LogP contribution < -0.4 is 0 Å². The zero-order valence-corrected chi connectivity index (χ0v) is 15.8. The van der Waals surface area contributed by atoms with E-state index in [1.54, 1.807) is 25.5 Å². The molecule has 0 aliphatic carbocycles. The lowest BCUT2D eigenvalue weighted by Gasteiger charge is -2.06. The monoisotopic (exact) mass is 386 g/mol. The van der Waals surface area contributed by atoms with E-state index >= 15 is 0 Å². The van der Waals surface area contributed by atoms with Crippen LogP contribution in [0.15, 0.2) is 39.1 Å². The predicted octanol–water partition coefficient (Wildman–Crippen LogP) is 3.23. The molecule has 0 saturated heterocycles. The van der Waals surface area contributed by atoms with Crippen molar-refractivity contribution in [3.05, 3.63) is 46.9 Å². The van der Waals surface area contributed by atoms with Crippen LogP contribution in [-0.2, 0) is 4.79 Å². The number of hydrogen-bond donors (Lipinski definition) is 2. The van der Waals surface area contributed by atoms with Crippen molar-refractivity contribution in [3.8, 4) is 17.1 Å². The highest BCUT2D eigenvalue weighted by atomic mass is 32.2. The number of hydrogen-bond acceptors (Lipinski definition) is 7. The van der Waals surface area contributed by atoms with Gasteiger partial charge in [-0.1, -0.05) is 11.8 Å². The van der Waals surface area contributed by atoms with Crippen molar-refractivity contribution in [2.75, 3.05) is 5.75 Å². The number of phenolic OH excluding ortho intramolecular Hbond substituents is 1. The molecule has 0 atom stereocenters. The van der Waals surface area contributed by atoms with E-state index in [-0.39, 0.29) is 11.5 Å². The molecular formula is C18H18N4O4S. The van der Waals surface area contributed by atoms with Gasteiger partial charge in [-0.3, -0.25) is 4.79 Å². The number of carbonyl (C=O) groups is 1. The van der Waals surface area contributed by atoms with Crippen LogP contribution in [-0.4, -0.2) is 43.0 Å². The summed E-state index contributed by atoms with van der Waals surface area (Å²) < 4.78 is 6.82. The number of thioether (sulfide) groups is 1. The number of phenols is 1. The Balaban J connectivity index is 2.02. The first-order valence-corrected chi connectivity index (χ1v) is 9.04. The fourth-order valence-electron chi connectivity index (χ4n) is 2.56. The highest BCUT2D eigenvalue weighted by Gasteiger charge is 2.18. The minimum Gasteiger partial charge on any atom is -0.507 e. The van der Waals surface area contributed by atoms with Crippen LogP contribution in [0.25, 0.3) is 11.4 Å². The van der Waals surface area contributed by atoms with Gasteiger partial charge in [-0.25, -0.2) is 0 Å². The van der Waals surface area contributed by atoms with Gasteiger partial charge < -0.3 is 14.6 Å². The molecule has 2 aromatic heterocycles. The number of nitrogens with zero attached hydrogens (tertiary/aromatic N) is 4. The maximum Gasteiger partial charge on any atom is 0.313 e. The summed E-state index contributed by atoms with van der Waals surface area (Å²) in [6, 6.07) is 5.37. The number of aryl methyl sites for hydroxylation is 3. The molecule has 0 aliphatic heterocycles. The smallest absolute Gasteiger partial charge is 0.313 e. The summed E-state index contributed by atoms with van der Waals surface area (Å²) >= 11 is 1.03. The molecule has 0 amide bonds. The van der Waals surface area contributed by atoms with Crippen LogP contribution in [0.3, 0.4) is 0 Å². The minimum atomic E-state index is -0.954. The third kappa shape index (κ3) is 4.03. The fraction of sp³-hybridized carbons (Fsp3) is 0.222. The number of aliphatic carboxylic acids is 1. The van der Waals surface area contributed by atoms with Crippen LogP contribution in [0.1, 0.15) is 22.5 Å². The van der Waals surface area contributed by atoms with Gasteiger partial charge in [0.05, 0.1) is 23.8 Å². The summed E-state index contributed by atoms with van der Waals surface area (Å²) in [7, 11) is 0. The molecule has 1 aromatic carbocycles. The van der Waals surface area contributed by atoms with Crippen LogP contribution in [0.4, 0.5) is 0 Å². The average molecular weight is 386 g/mol. The number of aromatic hydroxyl groups is 1. The number of rotatable bonds is 6. The van der Waals surface area contributed by atoms with Crippen LogP contribution in [0.2, 0.25) is 0 Å². The topological polar surface area (TPSA) is 114 Å². The quantitative estimate of drug-likeness (QED) is 0.494. The zero-order chi connectivity index (χ0) is 19.6. The average Bonchev–Trinajstić information content (AvgIpc) is 3.21. The lowest BCUT2D eigenvalue weighted by molar-refractivity contribution is -0.133. The number of carboxylic acid groups (broad SMARTS) is 1. The molecule has 9 heteroatoms. The molecule has 0 saturated carbocycles. The van der Waals surface area contributed by atoms with Gasteiger partial charge in [0.2, 0.25) is 5.16 Å². The SMILES string of the molecule is Cc1cc(C=Nn2c(SCC(=O)O)nnc2-c2ccoc2C)cc(C)c1O. The second-order valence-electron chi connectivity index (χ2n) is 5.94. The van der Waals surface area contributed by atoms with E-state index in [2.05, 4.69) is 15.3 Å². The van der Waals surface area contributed by atoms with Gasteiger partial charge >= 0.3 is 5.97 Å². The van der Waals surface area contributed by atoms with Gasteiger partial charge in [-0.15, -0.1) is 10.2 Å². The summed E-state index contributed by atoms with van der Waals surface area (Å²) in [6.07, 6.45) is 3.16. The highest BCUT2D eigenvalue weighted by Crippen LogP contribution is 2.27. The fourth-order valence-corrected chi connectivity index (χ4v) is 3.17. The molecule has 140 valence electrons. The van der Waals surface area contributed by atoms with Crippen molar-refractivity contribution in [1.82, 2.24) is 14.9 Å². The molecule has 0 spiro atoms. The van der Waals surface area contributed by atoms with E-state index in [0.717, 1.165) is 34.0 Å². The van der Waals surface area contributed by atoms with Crippen molar-refractivity contribution in [3.63, 3.8) is 0 Å². The summed E-state index contributed by atoms with van der Waals surface area (Å²) in [5, 5.41) is 31.9. The Hall–Kier alpha value is -3.07. The van der Waals surface area contributed by atoms with E-state index in [1.165, 1.54) is 4.68 Å². The first kappa shape index (κ1) is 18.7. The number of furan rings is 1. The summed E-state index contributed by atoms with van der Waals surface area (Å²) in [5.41, 5.74) is 3.00. The molecule has 0 bridgehead atoms. The van der Waals surface area contributed by atoms with Crippen LogP contribution in [0.5, 0.6) is 5.75 Å². The zero-order valence-electron chi connectivity index (χ0n) is 15.0. The lowest BCUT2D eigenvalue weighted by Crippen LogP contribution is -2.02. The van der Waals surface area contributed by atoms with E-state index < -0.39 is 5.97 Å². The normalized spacial score (nSPS) is 11.4. The Bertz CT molecular complexity index is 999. The third-order valence-electron chi connectivity index (χ3n) is 3.87. The number of aromatic nitrogens is 3. The number of carboxylic acids is 1. The minimum absolute atomic E-state index is 0.157. The van der Waals surface area contributed by atoms with Gasteiger partial charge in [-0.2, -0.15) is 9.78 Å². The predicted molar refractivity (Wildman–Crippen MR) is 101 cm³/mol. The standard InChI is InChI=1S/C18H18N4O4S/c1-10-6-13(7-11(2)16(10)25)8-19-22-17(14-4-5-26-12(14)3)20-21-18(22)27-9-15(23)24/h4-8,25H,9H2,1-3H3,(H,23,24). The number of benzene rings is 1. The second kappa shape index (κ2) is 7.67. The highest BCUT2D eigenvalue weighted by molar-refractivity contribution is 7.99. The van der Waals surface area contributed by atoms with Crippen molar-refractivity contribution >= 4 is 23.9 Å². The summed E-state index contributed by atoms with van der Waals surface area (Å²) in [5.74, 6) is 0.255. The van der Waals surface area contributed by atoms with E-state index in [1.807, 2.05) is 26.0 Å². The largest absolute Gasteiger partial charge is 0.507 e. The van der Waals surface area contributed by atoms with Crippen LogP contribution in [0, 0.1) is 20.8 Å². The Morgan fingerprint density at radius 3 is 2.59 bits per heavy atom. The first-order chi connectivity index (χ1) is 12.9. The Kier molecular flexibility index (Phi) is 5.31. The molecule has 27 heavy (non-hydrogen) atoms. The molecule has 8 nitrogen and oxygen atoms in total. The maximum atomic E-state index is 10.9. The van der Waals surface area contributed by atoms with Crippen molar-refractivity contribution < 1.29 is 19.4 Å². The molecule has 0 radical (unpaired) electrons. The van der Waals surface area contributed by atoms with E-state index in [0.29, 0.717) is 16.7 Å². The van der Waals surface area contributed by atoms with Gasteiger partial charge in [0.15, 0.2) is 5.82 Å². The molecule has 0 aliphatic rings. The summed E-state index contributed by atoms with van der Waals surface area (Å²) in [4.78, 5) is 10.9. The lowest BCUT2D eigenvalue weighted by atomic mass is 10.1. The second-order valence-corrected chi connectivity index (χ2v) is 6.88. The maximum absolute atomic E-state index is 10.9. The summed E-state index contributed by atoms with van der Waals surface area (Å²) in [6.45, 7) is 5.43. The molecule has 0 unspecified atom stereocenters. The molecule has 3 rings (SSSR count). The molecule has 0 fully saturated rings. The Morgan fingerprint density at radius 1 is 1.30 bits per heavy atom. The molecule has 2 N–H and O–H groups in total. The molecular weight excluding hydrogens is 368 g/mol. The van der Waals surface area contributed by atoms with E-state index in [4.69, 9.17) is 9.52 Å². The first-order valence-electron chi connectivity index (χ1n) is 8.06.